The summed E-state index contributed by atoms with van der Waals surface area (Å²) in [6.07, 6.45) is 1.72. The molecule has 4 heteroatoms. The van der Waals surface area contributed by atoms with Crippen LogP contribution in [0.15, 0.2) is 0 Å². The molecule has 0 amide bonds. The van der Waals surface area contributed by atoms with E-state index in [1.165, 1.54) is 0 Å². The molecule has 0 fully saturated rings. The first-order valence-electron chi connectivity index (χ1n) is 3.13. The molecular weight excluding hydrogens is 134 g/mol. The predicted octanol–water partition coefficient (Wildman–Crippen LogP) is 0.865. The lowest BCUT2D eigenvalue weighted by Gasteiger charge is -2.00. The lowest BCUT2D eigenvalue weighted by Crippen LogP contribution is -2.15. The van der Waals surface area contributed by atoms with Crippen molar-refractivity contribution in [3.05, 3.63) is 0 Å². The number of rotatable bonds is 3. The van der Waals surface area contributed by atoms with Gasteiger partial charge >= 0.3 is 5.97 Å². The molecular formula is C6H11NO3. The Morgan fingerprint density at radius 1 is 1.70 bits per heavy atom. The van der Waals surface area contributed by atoms with Crippen molar-refractivity contribution >= 4 is 11.9 Å². The number of nitrogens with one attached hydrogen (secondary N) is 1. The van der Waals surface area contributed by atoms with E-state index in [-0.39, 0.29) is 0 Å². The average Bonchev–Trinajstić information content (AvgIpc) is 1.88. The third kappa shape index (κ3) is 3.88. The van der Waals surface area contributed by atoms with Crippen LogP contribution in [0.2, 0.25) is 0 Å². The van der Waals surface area contributed by atoms with Gasteiger partial charge in [-0.1, -0.05) is 13.3 Å². The molecule has 58 valence electrons. The van der Waals surface area contributed by atoms with Crippen LogP contribution in [0.5, 0.6) is 0 Å². The van der Waals surface area contributed by atoms with Gasteiger partial charge in [0.15, 0.2) is 0 Å². The number of hydrogen-bond donors (Lipinski definition) is 2. The van der Waals surface area contributed by atoms with E-state index in [0.717, 1.165) is 12.8 Å². The van der Waals surface area contributed by atoms with Gasteiger partial charge in [-0.2, -0.15) is 0 Å². The molecule has 0 aliphatic carbocycles. The molecule has 0 aromatic rings. The minimum Gasteiger partial charge on any atom is -0.474 e. The normalized spacial score (nSPS) is 8.90. The Morgan fingerprint density at radius 2 is 2.30 bits per heavy atom. The van der Waals surface area contributed by atoms with E-state index in [4.69, 9.17) is 10.5 Å². The number of hydrogen-bond acceptors (Lipinski definition) is 3. The topological polar surface area (TPSA) is 70.4 Å². The van der Waals surface area contributed by atoms with Crippen LogP contribution in [0.1, 0.15) is 19.8 Å². The van der Waals surface area contributed by atoms with Gasteiger partial charge in [0, 0.05) is 0 Å². The standard InChI is InChI=1S/C6H11NO3/c1-2-3-4-10-5(7)6(8)9/h7H,2-4H2,1H3,(H,8,9). The summed E-state index contributed by atoms with van der Waals surface area (Å²) in [5.74, 6) is -1.98. The van der Waals surface area contributed by atoms with E-state index in [9.17, 15) is 4.79 Å². The number of carboxylic acid groups (broad SMARTS) is 1. The zero-order valence-corrected chi connectivity index (χ0v) is 5.89. The summed E-state index contributed by atoms with van der Waals surface area (Å²) in [5, 5.41) is 14.8. The van der Waals surface area contributed by atoms with Crippen LogP contribution in [-0.4, -0.2) is 23.6 Å². The molecule has 4 nitrogen and oxygen atoms in total. The van der Waals surface area contributed by atoms with Crippen molar-refractivity contribution in [1.82, 2.24) is 0 Å². The fourth-order valence-corrected chi connectivity index (χ4v) is 0.380. The van der Waals surface area contributed by atoms with Gasteiger partial charge in [-0.15, -0.1) is 0 Å². The number of carboxylic acids is 1. The van der Waals surface area contributed by atoms with Crippen LogP contribution < -0.4 is 0 Å². The summed E-state index contributed by atoms with van der Waals surface area (Å²) in [7, 11) is 0. The third-order valence-electron chi connectivity index (χ3n) is 0.939. The molecule has 0 aliphatic heterocycles. The van der Waals surface area contributed by atoms with E-state index in [0.29, 0.717) is 6.61 Å². The van der Waals surface area contributed by atoms with Crippen LogP contribution in [0.4, 0.5) is 0 Å². The molecule has 0 spiro atoms. The first-order valence-corrected chi connectivity index (χ1v) is 3.13. The van der Waals surface area contributed by atoms with Gasteiger partial charge in [0.05, 0.1) is 6.61 Å². The molecule has 0 rings (SSSR count). The van der Waals surface area contributed by atoms with Crippen LogP contribution >= 0.6 is 0 Å². The first kappa shape index (κ1) is 8.94. The molecule has 0 aromatic heterocycles. The summed E-state index contributed by atoms with van der Waals surface area (Å²) in [5.41, 5.74) is 0. The van der Waals surface area contributed by atoms with Gasteiger partial charge in [-0.3, -0.25) is 5.41 Å². The highest BCUT2D eigenvalue weighted by molar-refractivity contribution is 6.30. The van der Waals surface area contributed by atoms with Gasteiger partial charge in [-0.05, 0) is 6.42 Å². The zero-order chi connectivity index (χ0) is 7.98. The van der Waals surface area contributed by atoms with Gasteiger partial charge in [-0.25, -0.2) is 4.79 Å². The maximum absolute atomic E-state index is 9.94. The molecule has 0 radical (unpaired) electrons. The second kappa shape index (κ2) is 4.78. The van der Waals surface area contributed by atoms with Crippen molar-refractivity contribution in [2.24, 2.45) is 0 Å². The largest absolute Gasteiger partial charge is 0.474 e. The summed E-state index contributed by atoms with van der Waals surface area (Å²) < 4.78 is 4.53. The molecule has 0 saturated heterocycles. The fraction of sp³-hybridized carbons (Fsp3) is 0.667. The van der Waals surface area contributed by atoms with Gasteiger partial charge in [0.2, 0.25) is 0 Å². The summed E-state index contributed by atoms with van der Waals surface area (Å²) >= 11 is 0. The fourth-order valence-electron chi connectivity index (χ4n) is 0.380. The summed E-state index contributed by atoms with van der Waals surface area (Å²) in [6.45, 7) is 2.29. The highest BCUT2D eigenvalue weighted by Gasteiger charge is 2.05. The van der Waals surface area contributed by atoms with Crippen molar-refractivity contribution in [2.75, 3.05) is 6.61 Å². The average molecular weight is 145 g/mol. The molecule has 0 saturated carbocycles. The highest BCUT2D eigenvalue weighted by Crippen LogP contribution is 1.88. The lowest BCUT2D eigenvalue weighted by molar-refractivity contribution is -0.131. The maximum Gasteiger partial charge on any atom is 0.391 e. The van der Waals surface area contributed by atoms with Crippen LogP contribution in [0, 0.1) is 5.41 Å². The molecule has 0 atom stereocenters. The molecule has 2 N–H and O–H groups in total. The van der Waals surface area contributed by atoms with E-state index in [1.807, 2.05) is 6.92 Å². The Labute approximate surface area is 59.3 Å². The molecule has 10 heavy (non-hydrogen) atoms. The Morgan fingerprint density at radius 3 is 2.70 bits per heavy atom. The van der Waals surface area contributed by atoms with Crippen molar-refractivity contribution in [2.45, 2.75) is 19.8 Å². The predicted molar refractivity (Wildman–Crippen MR) is 36.2 cm³/mol. The Kier molecular flexibility index (Phi) is 4.28. The minimum atomic E-state index is -1.31. The molecule has 0 aliphatic rings. The Balaban J connectivity index is 3.31. The second-order valence-electron chi connectivity index (χ2n) is 1.84. The summed E-state index contributed by atoms with van der Waals surface area (Å²) in [6, 6.07) is 0. The monoisotopic (exact) mass is 145 g/mol. The molecule has 0 heterocycles. The third-order valence-corrected chi connectivity index (χ3v) is 0.939. The quantitative estimate of drug-likeness (QED) is 0.351. The van der Waals surface area contributed by atoms with E-state index < -0.39 is 11.9 Å². The van der Waals surface area contributed by atoms with E-state index in [2.05, 4.69) is 4.74 Å². The van der Waals surface area contributed by atoms with Crippen LogP contribution in [0.3, 0.4) is 0 Å². The maximum atomic E-state index is 9.94. The van der Waals surface area contributed by atoms with Crippen LogP contribution in [0.25, 0.3) is 0 Å². The van der Waals surface area contributed by atoms with Crippen LogP contribution in [-0.2, 0) is 9.53 Å². The number of unbranched alkanes of at least 4 members (excludes halogenated alkanes) is 1. The number of carbonyl (C=O) groups is 1. The highest BCUT2D eigenvalue weighted by atomic mass is 16.5. The van der Waals surface area contributed by atoms with E-state index >= 15 is 0 Å². The minimum absolute atomic E-state index is 0.321. The Hall–Kier alpha value is -1.06. The molecule has 0 aromatic carbocycles. The molecule has 0 unspecified atom stereocenters. The number of ether oxygens (including phenoxy) is 1. The van der Waals surface area contributed by atoms with Crippen molar-refractivity contribution < 1.29 is 14.6 Å². The summed E-state index contributed by atoms with van der Waals surface area (Å²) in [4.78, 5) is 9.94. The van der Waals surface area contributed by atoms with Crippen molar-refractivity contribution in [1.29, 1.82) is 5.41 Å². The lowest BCUT2D eigenvalue weighted by atomic mass is 10.4. The second-order valence-corrected chi connectivity index (χ2v) is 1.84. The zero-order valence-electron chi connectivity index (χ0n) is 5.89. The van der Waals surface area contributed by atoms with E-state index in [1.54, 1.807) is 0 Å². The number of aliphatic carboxylic acids is 1. The van der Waals surface area contributed by atoms with Gasteiger partial charge in [0.1, 0.15) is 0 Å². The van der Waals surface area contributed by atoms with Gasteiger partial charge in [0.25, 0.3) is 5.90 Å². The van der Waals surface area contributed by atoms with Crippen molar-refractivity contribution in [3.63, 3.8) is 0 Å². The smallest absolute Gasteiger partial charge is 0.391 e. The molecule has 0 bridgehead atoms. The van der Waals surface area contributed by atoms with Gasteiger partial charge < -0.3 is 9.84 Å². The van der Waals surface area contributed by atoms with Crippen molar-refractivity contribution in [3.8, 4) is 0 Å². The Bertz CT molecular complexity index is 133. The SMILES string of the molecule is CCCCOC(=N)C(=O)O. The first-order chi connectivity index (χ1) is 4.68.